The maximum absolute atomic E-state index is 11.7. The number of rotatable bonds is 5. The van der Waals surface area contributed by atoms with E-state index in [4.69, 9.17) is 16.0 Å². The van der Waals surface area contributed by atoms with Crippen LogP contribution in [0.4, 0.5) is 5.69 Å². The average Bonchev–Trinajstić information content (AvgIpc) is 3.09. The van der Waals surface area contributed by atoms with Crippen molar-refractivity contribution in [3.8, 4) is 11.3 Å². The van der Waals surface area contributed by atoms with Crippen LogP contribution in [-0.4, -0.2) is 31.1 Å². The molecule has 0 aliphatic heterocycles. The van der Waals surface area contributed by atoms with Crippen LogP contribution in [0.1, 0.15) is 0 Å². The Morgan fingerprint density at radius 1 is 1.30 bits per heavy atom. The van der Waals surface area contributed by atoms with E-state index >= 15 is 0 Å². The minimum atomic E-state index is -0.716. The summed E-state index contributed by atoms with van der Waals surface area (Å²) in [6.45, 7) is 0. The highest BCUT2D eigenvalue weighted by Crippen LogP contribution is 2.30. The molecule has 0 bridgehead atoms. The molecule has 23 heavy (non-hydrogen) atoms. The average molecular weight is 337 g/mol. The summed E-state index contributed by atoms with van der Waals surface area (Å²) in [6, 6.07) is 4.90. The van der Waals surface area contributed by atoms with Gasteiger partial charge >= 0.3 is 11.9 Å². The number of benzene rings is 1. The molecule has 1 aromatic heterocycles. The number of oxazole rings is 1. The van der Waals surface area contributed by atoms with Crippen molar-refractivity contribution < 1.29 is 23.5 Å². The lowest BCUT2D eigenvalue weighted by molar-refractivity contribution is -0.138. The molecular weight excluding hydrogens is 324 g/mol. The normalized spacial score (nSPS) is 11.0. The molecule has 0 spiro atoms. The van der Waals surface area contributed by atoms with Crippen LogP contribution in [0, 0.1) is 0 Å². The smallest absolute Gasteiger partial charge is 0.354 e. The van der Waals surface area contributed by atoms with Gasteiger partial charge in [0.15, 0.2) is 12.2 Å². The van der Waals surface area contributed by atoms with Crippen molar-refractivity contribution in [1.82, 2.24) is 4.98 Å². The molecule has 1 aromatic carbocycles. The molecule has 1 N–H and O–H groups in total. The lowest BCUT2D eigenvalue weighted by atomic mass is 10.1. The Kier molecular flexibility index (Phi) is 5.37. The Labute approximate surface area is 136 Å². The van der Waals surface area contributed by atoms with Crippen molar-refractivity contribution in [3.05, 3.63) is 47.6 Å². The summed E-state index contributed by atoms with van der Waals surface area (Å²) in [4.78, 5) is 26.9. The van der Waals surface area contributed by atoms with E-state index in [1.54, 1.807) is 18.2 Å². The van der Waals surface area contributed by atoms with E-state index in [1.807, 2.05) is 0 Å². The summed E-state index contributed by atoms with van der Waals surface area (Å²) >= 11 is 6.12. The van der Waals surface area contributed by atoms with Gasteiger partial charge in [0.05, 0.1) is 31.5 Å². The number of nitrogens with zero attached hydrogens (tertiary/aromatic N) is 1. The number of ether oxygens (including phenoxy) is 2. The first kappa shape index (κ1) is 16.6. The van der Waals surface area contributed by atoms with Crippen LogP contribution in [0.2, 0.25) is 5.02 Å². The molecule has 0 amide bonds. The minimum absolute atomic E-state index is 0.0785. The summed E-state index contributed by atoms with van der Waals surface area (Å²) < 4.78 is 14.3. The van der Waals surface area contributed by atoms with Gasteiger partial charge in [-0.2, -0.15) is 0 Å². The van der Waals surface area contributed by atoms with Crippen molar-refractivity contribution >= 4 is 29.2 Å². The molecular formula is C15H13ClN2O5. The second-order valence-corrected chi connectivity index (χ2v) is 4.67. The van der Waals surface area contributed by atoms with E-state index in [2.05, 4.69) is 19.8 Å². The Morgan fingerprint density at radius 2 is 2.09 bits per heavy atom. The molecule has 0 saturated heterocycles. The predicted molar refractivity (Wildman–Crippen MR) is 82.7 cm³/mol. The first-order valence-corrected chi connectivity index (χ1v) is 6.76. The quantitative estimate of drug-likeness (QED) is 0.663. The largest absolute Gasteiger partial charge is 0.466 e. The molecule has 0 atom stereocenters. The van der Waals surface area contributed by atoms with Gasteiger partial charge < -0.3 is 19.2 Å². The van der Waals surface area contributed by atoms with Gasteiger partial charge in [0, 0.05) is 11.3 Å². The zero-order chi connectivity index (χ0) is 16.8. The van der Waals surface area contributed by atoms with Crippen molar-refractivity contribution in [2.45, 2.75) is 0 Å². The number of carbonyl (C=O) groups is 2. The third kappa shape index (κ3) is 4.10. The highest BCUT2D eigenvalue weighted by atomic mass is 35.5. The molecule has 0 unspecified atom stereocenters. The molecule has 0 radical (unpaired) electrons. The van der Waals surface area contributed by atoms with Gasteiger partial charge in [-0.05, 0) is 18.2 Å². The second-order valence-electron chi connectivity index (χ2n) is 4.26. The molecule has 1 heterocycles. The number of carbonyl (C=O) groups excluding carboxylic acids is 2. The minimum Gasteiger partial charge on any atom is -0.466 e. The van der Waals surface area contributed by atoms with Crippen LogP contribution in [0.5, 0.6) is 0 Å². The second kappa shape index (κ2) is 7.46. The summed E-state index contributed by atoms with van der Waals surface area (Å²) in [6.07, 6.45) is 3.79. The molecule has 7 nitrogen and oxygen atoms in total. The maximum atomic E-state index is 11.7. The molecule has 0 saturated carbocycles. The van der Waals surface area contributed by atoms with Gasteiger partial charge in [-0.25, -0.2) is 14.6 Å². The third-order valence-corrected chi connectivity index (χ3v) is 3.14. The van der Waals surface area contributed by atoms with Gasteiger partial charge in [0.25, 0.3) is 0 Å². The first-order chi connectivity index (χ1) is 11.0. The van der Waals surface area contributed by atoms with E-state index in [-0.39, 0.29) is 5.70 Å². The van der Waals surface area contributed by atoms with Crippen molar-refractivity contribution in [1.29, 1.82) is 0 Å². The van der Waals surface area contributed by atoms with Gasteiger partial charge in [-0.15, -0.1) is 0 Å². The van der Waals surface area contributed by atoms with Crippen LogP contribution >= 0.6 is 11.6 Å². The number of hydrogen-bond acceptors (Lipinski definition) is 7. The number of aromatic nitrogens is 1. The van der Waals surface area contributed by atoms with E-state index in [9.17, 15) is 9.59 Å². The fourth-order valence-corrected chi connectivity index (χ4v) is 1.94. The zero-order valence-electron chi connectivity index (χ0n) is 12.3. The number of halogens is 1. The van der Waals surface area contributed by atoms with E-state index in [0.717, 1.165) is 6.08 Å². The number of nitrogens with one attached hydrogen (secondary N) is 1. The number of hydrogen-bond donors (Lipinski definition) is 1. The molecule has 120 valence electrons. The van der Waals surface area contributed by atoms with Crippen molar-refractivity contribution in [2.24, 2.45) is 0 Å². The van der Waals surface area contributed by atoms with E-state index < -0.39 is 11.9 Å². The monoisotopic (exact) mass is 336 g/mol. The molecule has 2 aromatic rings. The van der Waals surface area contributed by atoms with Crippen LogP contribution in [0.3, 0.4) is 0 Å². The molecule has 2 rings (SSSR count). The van der Waals surface area contributed by atoms with Gasteiger partial charge in [-0.1, -0.05) is 11.6 Å². The lowest BCUT2D eigenvalue weighted by Crippen LogP contribution is -2.15. The van der Waals surface area contributed by atoms with E-state index in [1.165, 1.54) is 26.8 Å². The molecule has 0 fully saturated rings. The Morgan fingerprint density at radius 3 is 2.70 bits per heavy atom. The molecule has 0 aliphatic carbocycles. The number of anilines is 1. The Bertz CT molecular complexity index is 740. The fraction of sp³-hybridized carbons (Fsp3) is 0.133. The van der Waals surface area contributed by atoms with E-state index in [0.29, 0.717) is 22.0 Å². The summed E-state index contributed by atoms with van der Waals surface area (Å²) in [7, 11) is 2.41. The van der Waals surface area contributed by atoms with Crippen molar-refractivity contribution in [3.63, 3.8) is 0 Å². The van der Waals surface area contributed by atoms with Gasteiger partial charge in [0.2, 0.25) is 0 Å². The highest BCUT2D eigenvalue weighted by molar-refractivity contribution is 6.33. The standard InChI is InChI=1S/C15H13ClN2O5/c1-21-14(19)6-12(15(20)22-2)18-9-3-4-11(16)10(5-9)13-7-17-8-23-13/h3-8,18H,1-2H3/b12-6+. The van der Waals surface area contributed by atoms with Gasteiger partial charge in [0.1, 0.15) is 5.70 Å². The van der Waals surface area contributed by atoms with Crippen LogP contribution < -0.4 is 5.32 Å². The summed E-state index contributed by atoms with van der Waals surface area (Å²) in [5.41, 5.74) is 1.00. The van der Waals surface area contributed by atoms with Crippen LogP contribution in [0.15, 0.2) is 47.0 Å². The Hall–Kier alpha value is -2.80. The first-order valence-electron chi connectivity index (χ1n) is 6.38. The SMILES string of the molecule is COC(=O)/C=C(/Nc1ccc(Cl)c(-c2cnco2)c1)C(=O)OC. The lowest BCUT2D eigenvalue weighted by Gasteiger charge is -2.10. The maximum Gasteiger partial charge on any atom is 0.354 e. The van der Waals surface area contributed by atoms with Crippen LogP contribution in [0.25, 0.3) is 11.3 Å². The third-order valence-electron chi connectivity index (χ3n) is 2.81. The van der Waals surface area contributed by atoms with Gasteiger partial charge in [-0.3, -0.25) is 0 Å². The number of esters is 2. The molecule has 0 aliphatic rings. The Balaban J connectivity index is 2.34. The highest BCUT2D eigenvalue weighted by Gasteiger charge is 2.14. The van der Waals surface area contributed by atoms with Crippen molar-refractivity contribution in [2.75, 3.05) is 19.5 Å². The topological polar surface area (TPSA) is 90.7 Å². The predicted octanol–water partition coefficient (Wildman–Crippen LogP) is 2.64. The molecule has 8 heteroatoms. The fourth-order valence-electron chi connectivity index (χ4n) is 1.73. The number of methoxy groups -OCH3 is 2. The summed E-state index contributed by atoms with van der Waals surface area (Å²) in [5.74, 6) is -0.941. The van der Waals surface area contributed by atoms with Crippen LogP contribution in [-0.2, 0) is 19.1 Å². The zero-order valence-corrected chi connectivity index (χ0v) is 13.1. The summed E-state index contributed by atoms with van der Waals surface area (Å²) in [5, 5.41) is 3.24.